The fraction of sp³-hybridized carbons (Fsp3) is 0.400. The highest BCUT2D eigenvalue weighted by molar-refractivity contribution is 6.21. The molecule has 0 radical (unpaired) electrons. The van der Waals surface area contributed by atoms with Crippen LogP contribution in [0, 0.1) is 0 Å². The molecule has 2 rings (SSSR count). The smallest absolute Gasteiger partial charge is 0.168 e. The minimum Gasteiger partial charge on any atom is -0.332 e. The van der Waals surface area contributed by atoms with Crippen LogP contribution < -0.4 is 5.32 Å². The molecule has 0 aromatic heterocycles. The number of amidine groups is 2. The lowest BCUT2D eigenvalue weighted by Crippen LogP contribution is -2.40. The summed E-state index contributed by atoms with van der Waals surface area (Å²) >= 11 is 0. The summed E-state index contributed by atoms with van der Waals surface area (Å²) in [4.78, 5) is 16.8. The molecule has 0 amide bonds. The van der Waals surface area contributed by atoms with Gasteiger partial charge in [-0.1, -0.05) is 11.6 Å². The highest BCUT2D eigenvalue weighted by Gasteiger charge is 2.25. The molecular weight excluding hydrogens is 190 g/mol. The van der Waals surface area contributed by atoms with E-state index in [-0.39, 0.29) is 6.04 Å². The van der Waals surface area contributed by atoms with Gasteiger partial charge in [0.15, 0.2) is 11.9 Å². The van der Waals surface area contributed by atoms with Crippen LogP contribution in [-0.2, 0) is 0 Å². The minimum atomic E-state index is -0.124. The van der Waals surface area contributed by atoms with Gasteiger partial charge in [-0.3, -0.25) is 9.98 Å². The molecule has 0 spiro atoms. The Balaban J connectivity index is 2.11. The zero-order chi connectivity index (χ0) is 10.7. The van der Waals surface area contributed by atoms with Crippen LogP contribution in [0.2, 0.25) is 0 Å². The molecule has 1 atom stereocenters. The van der Waals surface area contributed by atoms with E-state index < -0.39 is 0 Å². The van der Waals surface area contributed by atoms with Crippen molar-refractivity contribution in [3.8, 4) is 0 Å². The molecule has 1 unspecified atom stereocenters. The van der Waals surface area contributed by atoms with Gasteiger partial charge in [0.05, 0.1) is 12.9 Å². The highest BCUT2D eigenvalue weighted by atomic mass is 15.2. The number of allylic oxidation sites excluding steroid dienone is 1. The molecule has 2 aliphatic heterocycles. The van der Waals surface area contributed by atoms with Crippen LogP contribution in [0.4, 0.5) is 0 Å². The second-order valence-corrected chi connectivity index (χ2v) is 3.56. The van der Waals surface area contributed by atoms with Crippen molar-refractivity contribution in [3.05, 3.63) is 11.6 Å². The maximum Gasteiger partial charge on any atom is 0.168 e. The minimum absolute atomic E-state index is 0.124. The predicted octanol–water partition coefficient (Wildman–Crippen LogP) is 0.792. The molecule has 5 nitrogen and oxygen atoms in total. The number of rotatable bonds is 2. The van der Waals surface area contributed by atoms with Gasteiger partial charge in [0.25, 0.3) is 0 Å². The molecule has 5 heteroatoms. The Morgan fingerprint density at radius 3 is 3.27 bits per heavy atom. The third-order valence-corrected chi connectivity index (χ3v) is 2.08. The number of aliphatic imine (C=N–C) groups is 4. The molecular formula is C10H13N5. The van der Waals surface area contributed by atoms with Crippen LogP contribution in [-0.4, -0.2) is 36.9 Å². The predicted molar refractivity (Wildman–Crippen MR) is 63.1 cm³/mol. The summed E-state index contributed by atoms with van der Waals surface area (Å²) in [5, 5.41) is 2.95. The van der Waals surface area contributed by atoms with Gasteiger partial charge in [-0.25, -0.2) is 9.98 Å². The van der Waals surface area contributed by atoms with Gasteiger partial charge in [0, 0.05) is 0 Å². The largest absolute Gasteiger partial charge is 0.332 e. The molecule has 78 valence electrons. The van der Waals surface area contributed by atoms with Crippen molar-refractivity contribution in [1.82, 2.24) is 5.32 Å². The molecule has 0 fully saturated rings. The van der Waals surface area contributed by atoms with Crippen LogP contribution in [0.1, 0.15) is 13.8 Å². The first kappa shape index (κ1) is 9.76. The first-order chi connectivity index (χ1) is 7.27. The summed E-state index contributed by atoms with van der Waals surface area (Å²) in [7, 11) is 0. The summed E-state index contributed by atoms with van der Waals surface area (Å²) in [5.74, 6) is 1.53. The van der Waals surface area contributed by atoms with Crippen molar-refractivity contribution >= 4 is 24.3 Å². The van der Waals surface area contributed by atoms with Gasteiger partial charge in [0.1, 0.15) is 12.2 Å². The van der Waals surface area contributed by atoms with E-state index in [0.717, 1.165) is 11.7 Å². The van der Waals surface area contributed by atoms with Crippen molar-refractivity contribution in [3.63, 3.8) is 0 Å². The van der Waals surface area contributed by atoms with Crippen molar-refractivity contribution < 1.29 is 0 Å². The van der Waals surface area contributed by atoms with Gasteiger partial charge < -0.3 is 5.32 Å². The second-order valence-electron chi connectivity index (χ2n) is 3.56. The average molecular weight is 203 g/mol. The standard InChI is InChI=1S/C10H13N5/c1-7(2)3-4-11-9-8-10(13-5-12-8)15-6-14-9/h3,5-6,8H,4H2,1-2H3,(H,11,12,13,14,15). The molecule has 15 heavy (non-hydrogen) atoms. The van der Waals surface area contributed by atoms with E-state index in [1.54, 1.807) is 6.34 Å². The summed E-state index contributed by atoms with van der Waals surface area (Å²) < 4.78 is 0. The Labute approximate surface area is 88.5 Å². The highest BCUT2D eigenvalue weighted by Crippen LogP contribution is 2.07. The van der Waals surface area contributed by atoms with Gasteiger partial charge in [-0.15, -0.1) is 0 Å². The zero-order valence-electron chi connectivity index (χ0n) is 8.81. The Bertz CT molecular complexity index is 396. The van der Waals surface area contributed by atoms with Crippen LogP contribution >= 0.6 is 0 Å². The van der Waals surface area contributed by atoms with Gasteiger partial charge in [-0.2, -0.15) is 0 Å². The lowest BCUT2D eigenvalue weighted by molar-refractivity contribution is 1.05. The van der Waals surface area contributed by atoms with Crippen molar-refractivity contribution in [2.45, 2.75) is 19.9 Å². The normalized spacial score (nSPS) is 24.8. The first-order valence-electron chi connectivity index (χ1n) is 4.83. The Hall–Kier alpha value is -1.78. The first-order valence-corrected chi connectivity index (χ1v) is 4.83. The van der Waals surface area contributed by atoms with Crippen molar-refractivity contribution in [2.24, 2.45) is 20.0 Å². The van der Waals surface area contributed by atoms with Gasteiger partial charge >= 0.3 is 0 Å². The van der Waals surface area contributed by atoms with E-state index in [9.17, 15) is 0 Å². The lowest BCUT2D eigenvalue weighted by atomic mass is 10.2. The Kier molecular flexibility index (Phi) is 2.71. The fourth-order valence-corrected chi connectivity index (χ4v) is 1.29. The maximum absolute atomic E-state index is 4.37. The fourth-order valence-electron chi connectivity index (χ4n) is 1.29. The monoisotopic (exact) mass is 203 g/mol. The zero-order valence-corrected chi connectivity index (χ0v) is 8.81. The molecule has 0 aromatic rings. The van der Waals surface area contributed by atoms with Gasteiger partial charge in [0.2, 0.25) is 0 Å². The van der Waals surface area contributed by atoms with Crippen LogP contribution in [0.3, 0.4) is 0 Å². The SMILES string of the molecule is CC(C)=CCN=C1N=CNC2=NC=NC12. The molecule has 0 aliphatic carbocycles. The summed E-state index contributed by atoms with van der Waals surface area (Å²) in [5.41, 5.74) is 1.25. The summed E-state index contributed by atoms with van der Waals surface area (Å²) in [6, 6.07) is -0.124. The quantitative estimate of drug-likeness (QED) is 0.663. The number of nitrogens with one attached hydrogen (secondary N) is 1. The van der Waals surface area contributed by atoms with E-state index in [4.69, 9.17) is 0 Å². The van der Waals surface area contributed by atoms with Crippen LogP contribution in [0.25, 0.3) is 0 Å². The molecule has 1 N–H and O–H groups in total. The average Bonchev–Trinajstić information content (AvgIpc) is 2.65. The number of hydrogen-bond acceptors (Lipinski definition) is 4. The maximum atomic E-state index is 4.37. The van der Waals surface area contributed by atoms with Gasteiger partial charge in [-0.05, 0) is 13.8 Å². The molecule has 0 bridgehead atoms. The lowest BCUT2D eigenvalue weighted by Gasteiger charge is -2.14. The third kappa shape index (κ3) is 2.18. The van der Waals surface area contributed by atoms with Crippen molar-refractivity contribution in [1.29, 1.82) is 0 Å². The molecule has 0 aromatic carbocycles. The number of hydrogen-bond donors (Lipinski definition) is 1. The third-order valence-electron chi connectivity index (χ3n) is 2.08. The number of fused-ring (bicyclic) bond motifs is 1. The van der Waals surface area contributed by atoms with E-state index in [2.05, 4.69) is 31.4 Å². The van der Waals surface area contributed by atoms with E-state index in [1.807, 2.05) is 13.8 Å². The van der Waals surface area contributed by atoms with E-state index in [0.29, 0.717) is 6.54 Å². The molecule has 2 heterocycles. The van der Waals surface area contributed by atoms with Crippen LogP contribution in [0.5, 0.6) is 0 Å². The summed E-state index contributed by atoms with van der Waals surface area (Å²) in [6.45, 7) is 4.74. The second kappa shape index (κ2) is 4.16. The van der Waals surface area contributed by atoms with Crippen LogP contribution in [0.15, 0.2) is 31.6 Å². The van der Waals surface area contributed by atoms with E-state index >= 15 is 0 Å². The summed E-state index contributed by atoms with van der Waals surface area (Å²) in [6.07, 6.45) is 5.20. The topological polar surface area (TPSA) is 61.5 Å². The molecule has 0 saturated carbocycles. The molecule has 0 saturated heterocycles. The van der Waals surface area contributed by atoms with Crippen molar-refractivity contribution in [2.75, 3.05) is 6.54 Å². The number of nitrogens with zero attached hydrogens (tertiary/aromatic N) is 4. The Morgan fingerprint density at radius 1 is 1.60 bits per heavy atom. The molecule has 2 aliphatic rings. The Morgan fingerprint density at radius 2 is 2.47 bits per heavy atom. The van der Waals surface area contributed by atoms with E-state index in [1.165, 1.54) is 11.9 Å².